The zero-order valence-electron chi connectivity index (χ0n) is 16.3. The summed E-state index contributed by atoms with van der Waals surface area (Å²) in [4.78, 5) is 16.1. The molecule has 0 radical (unpaired) electrons. The van der Waals surface area contributed by atoms with E-state index in [0.29, 0.717) is 44.8 Å². The Bertz CT molecular complexity index is 1020. The number of carbonyl (C=O) groups is 1. The Kier molecular flexibility index (Phi) is 5.79. The zero-order valence-corrected chi connectivity index (χ0v) is 18.7. The minimum Gasteiger partial charge on any atom is -0.311 e. The van der Waals surface area contributed by atoms with E-state index in [1.54, 1.807) is 15.3 Å². The van der Waals surface area contributed by atoms with Crippen LogP contribution in [-0.2, 0) is 27.8 Å². The van der Waals surface area contributed by atoms with Crippen LogP contribution in [0, 0.1) is 0 Å². The summed E-state index contributed by atoms with van der Waals surface area (Å²) in [6.45, 7) is 5.07. The van der Waals surface area contributed by atoms with Crippen LogP contribution in [-0.4, -0.2) is 56.3 Å². The van der Waals surface area contributed by atoms with Gasteiger partial charge in [0.15, 0.2) is 0 Å². The van der Waals surface area contributed by atoms with Crippen molar-refractivity contribution in [1.82, 2.24) is 9.21 Å². The lowest BCUT2D eigenvalue weighted by atomic mass is 10.2. The number of benzene rings is 2. The molecule has 0 aromatic heterocycles. The second-order valence-electron chi connectivity index (χ2n) is 7.50. The highest BCUT2D eigenvalue weighted by molar-refractivity contribution is 9.10. The van der Waals surface area contributed by atoms with Crippen molar-refractivity contribution >= 4 is 37.5 Å². The van der Waals surface area contributed by atoms with Crippen LogP contribution in [0.2, 0.25) is 0 Å². The van der Waals surface area contributed by atoms with Crippen molar-refractivity contribution in [2.75, 3.05) is 37.6 Å². The smallest absolute Gasteiger partial charge is 0.245 e. The highest BCUT2D eigenvalue weighted by Crippen LogP contribution is 2.39. The Balaban J connectivity index is 1.55. The molecule has 0 unspecified atom stereocenters. The maximum Gasteiger partial charge on any atom is 0.245 e. The van der Waals surface area contributed by atoms with E-state index in [-0.39, 0.29) is 10.8 Å². The van der Waals surface area contributed by atoms with E-state index in [2.05, 4.69) is 33.0 Å². The van der Waals surface area contributed by atoms with Gasteiger partial charge in [0.25, 0.3) is 0 Å². The lowest BCUT2D eigenvalue weighted by Gasteiger charge is -2.34. The number of nitrogens with zero attached hydrogens (tertiary/aromatic N) is 3. The molecule has 0 spiro atoms. The molecule has 29 heavy (non-hydrogen) atoms. The molecule has 1 saturated heterocycles. The Morgan fingerprint density at radius 1 is 1.03 bits per heavy atom. The summed E-state index contributed by atoms with van der Waals surface area (Å²) in [5, 5.41) is 0. The van der Waals surface area contributed by atoms with Crippen molar-refractivity contribution in [1.29, 1.82) is 0 Å². The van der Waals surface area contributed by atoms with Crippen LogP contribution >= 0.6 is 15.9 Å². The van der Waals surface area contributed by atoms with E-state index in [4.69, 9.17) is 0 Å². The summed E-state index contributed by atoms with van der Waals surface area (Å²) >= 11 is 3.44. The largest absolute Gasteiger partial charge is 0.311 e. The average molecular weight is 478 g/mol. The van der Waals surface area contributed by atoms with Gasteiger partial charge in [0.2, 0.25) is 15.9 Å². The summed E-state index contributed by atoms with van der Waals surface area (Å²) in [7, 11) is -3.69. The summed E-state index contributed by atoms with van der Waals surface area (Å²) in [6.07, 6.45) is 0.668. The molecular formula is C21H24BrN3O3S. The van der Waals surface area contributed by atoms with E-state index in [1.165, 1.54) is 12.5 Å². The molecule has 2 aromatic carbocycles. The third kappa shape index (κ3) is 4.12. The molecule has 4 rings (SSSR count). The Morgan fingerprint density at radius 2 is 1.72 bits per heavy atom. The number of hydrogen-bond donors (Lipinski definition) is 0. The molecule has 0 atom stereocenters. The van der Waals surface area contributed by atoms with Crippen molar-refractivity contribution in [3.05, 3.63) is 58.1 Å². The molecule has 2 aliphatic heterocycles. The van der Waals surface area contributed by atoms with Gasteiger partial charge in [0.1, 0.15) is 4.90 Å². The first-order chi connectivity index (χ1) is 13.9. The monoisotopic (exact) mass is 477 g/mol. The lowest BCUT2D eigenvalue weighted by molar-refractivity contribution is -0.116. The van der Waals surface area contributed by atoms with Crippen LogP contribution in [0.1, 0.15) is 18.1 Å². The van der Waals surface area contributed by atoms with E-state index in [1.807, 2.05) is 24.3 Å². The molecule has 0 aliphatic carbocycles. The molecule has 0 saturated carbocycles. The van der Waals surface area contributed by atoms with Crippen LogP contribution in [0.3, 0.4) is 0 Å². The summed E-state index contributed by atoms with van der Waals surface area (Å²) in [6, 6.07) is 13.7. The number of fused-ring (bicyclic) bond motifs is 1. The van der Waals surface area contributed by atoms with Crippen LogP contribution in [0.15, 0.2) is 51.8 Å². The first-order valence-electron chi connectivity index (χ1n) is 9.73. The number of halogens is 1. The highest BCUT2D eigenvalue weighted by atomic mass is 79.9. The van der Waals surface area contributed by atoms with Crippen LogP contribution in [0.25, 0.3) is 0 Å². The summed E-state index contributed by atoms with van der Waals surface area (Å²) in [5.41, 5.74) is 2.67. The molecule has 2 heterocycles. The average Bonchev–Trinajstić information content (AvgIpc) is 3.12. The predicted molar refractivity (Wildman–Crippen MR) is 116 cm³/mol. The van der Waals surface area contributed by atoms with Crippen molar-refractivity contribution in [2.24, 2.45) is 0 Å². The van der Waals surface area contributed by atoms with Crippen LogP contribution in [0.5, 0.6) is 0 Å². The van der Waals surface area contributed by atoms with Gasteiger partial charge in [0, 0.05) is 50.7 Å². The van der Waals surface area contributed by atoms with Crippen molar-refractivity contribution in [3.8, 4) is 0 Å². The molecule has 1 fully saturated rings. The minimum absolute atomic E-state index is 0.129. The maximum absolute atomic E-state index is 13.5. The molecule has 6 nitrogen and oxygen atoms in total. The fourth-order valence-electron chi connectivity index (χ4n) is 4.09. The van der Waals surface area contributed by atoms with Crippen LogP contribution in [0.4, 0.5) is 5.69 Å². The number of rotatable bonds is 4. The number of hydrogen-bond acceptors (Lipinski definition) is 4. The van der Waals surface area contributed by atoms with Gasteiger partial charge in [-0.25, -0.2) is 8.42 Å². The Hall–Kier alpha value is -1.74. The van der Waals surface area contributed by atoms with Crippen molar-refractivity contribution in [3.63, 3.8) is 0 Å². The third-order valence-corrected chi connectivity index (χ3v) is 7.94. The molecule has 2 aliphatic rings. The lowest BCUT2D eigenvalue weighted by Crippen LogP contribution is -2.48. The first-order valence-corrected chi connectivity index (χ1v) is 12.0. The van der Waals surface area contributed by atoms with Crippen molar-refractivity contribution < 1.29 is 13.2 Å². The number of carbonyl (C=O) groups excluding carboxylic acids is 1. The van der Waals surface area contributed by atoms with Gasteiger partial charge < -0.3 is 4.90 Å². The van der Waals surface area contributed by atoms with Crippen LogP contribution < -0.4 is 4.90 Å². The van der Waals surface area contributed by atoms with Crippen molar-refractivity contribution in [2.45, 2.75) is 24.8 Å². The summed E-state index contributed by atoms with van der Waals surface area (Å²) < 4.78 is 29.2. The standard InChI is InChI=1S/C21H24BrN3O3S/c1-16(26)25-8-7-18-13-19(22)14-20(21(18)25)29(27,28)24-11-9-23(10-12-24)15-17-5-3-2-4-6-17/h2-6,13-14H,7-12,15H2,1H3. The molecule has 0 N–H and O–H groups in total. The minimum atomic E-state index is -3.69. The number of sulfonamides is 1. The molecule has 154 valence electrons. The van der Waals surface area contributed by atoms with Gasteiger partial charge in [0.05, 0.1) is 5.69 Å². The number of amides is 1. The van der Waals surface area contributed by atoms with E-state index < -0.39 is 10.0 Å². The first kappa shape index (κ1) is 20.5. The number of piperazine rings is 1. The van der Waals surface area contributed by atoms with E-state index >= 15 is 0 Å². The SMILES string of the molecule is CC(=O)N1CCc2cc(Br)cc(S(=O)(=O)N3CCN(Cc4ccccc4)CC3)c21. The van der Waals surface area contributed by atoms with E-state index in [0.717, 1.165) is 16.6 Å². The van der Waals surface area contributed by atoms with Gasteiger partial charge in [-0.3, -0.25) is 9.69 Å². The fourth-order valence-corrected chi connectivity index (χ4v) is 6.43. The third-order valence-electron chi connectivity index (χ3n) is 5.57. The van der Waals surface area contributed by atoms with E-state index in [9.17, 15) is 13.2 Å². The second-order valence-corrected chi connectivity index (χ2v) is 10.3. The Morgan fingerprint density at radius 3 is 2.38 bits per heavy atom. The molecule has 1 amide bonds. The van der Waals surface area contributed by atoms with Gasteiger partial charge in [-0.15, -0.1) is 0 Å². The predicted octanol–water partition coefficient (Wildman–Crippen LogP) is 2.86. The molecular weight excluding hydrogens is 454 g/mol. The second kappa shape index (κ2) is 8.18. The zero-order chi connectivity index (χ0) is 20.6. The molecule has 0 bridgehead atoms. The Labute approximate surface area is 180 Å². The topological polar surface area (TPSA) is 60.9 Å². The fraction of sp³-hybridized carbons (Fsp3) is 0.381. The maximum atomic E-state index is 13.5. The normalized spacial score (nSPS) is 18.1. The molecule has 2 aromatic rings. The van der Waals surface area contributed by atoms with Gasteiger partial charge in [-0.05, 0) is 29.7 Å². The quantitative estimate of drug-likeness (QED) is 0.678. The van der Waals surface area contributed by atoms with Gasteiger partial charge in [-0.2, -0.15) is 4.31 Å². The number of anilines is 1. The summed E-state index contributed by atoms with van der Waals surface area (Å²) in [5.74, 6) is -0.129. The highest BCUT2D eigenvalue weighted by Gasteiger charge is 2.35. The van der Waals surface area contributed by atoms with Gasteiger partial charge in [-0.1, -0.05) is 46.3 Å². The van der Waals surface area contributed by atoms with Gasteiger partial charge >= 0.3 is 0 Å². The molecule has 8 heteroatoms.